The van der Waals surface area contributed by atoms with Crippen molar-refractivity contribution in [1.29, 1.82) is 0 Å². The number of aromatic nitrogens is 1. The molecule has 1 amide bonds. The van der Waals surface area contributed by atoms with Crippen molar-refractivity contribution in [2.45, 2.75) is 19.4 Å². The molecular formula is C15H18FN3O2S. The van der Waals surface area contributed by atoms with E-state index in [-0.39, 0.29) is 17.8 Å². The highest BCUT2D eigenvalue weighted by Gasteiger charge is 2.12. The number of thiazole rings is 1. The van der Waals surface area contributed by atoms with E-state index in [1.54, 1.807) is 17.5 Å². The largest absolute Gasteiger partial charge is 0.489 e. The second-order valence-electron chi connectivity index (χ2n) is 4.76. The average molecular weight is 323 g/mol. The van der Waals surface area contributed by atoms with E-state index in [0.29, 0.717) is 31.0 Å². The van der Waals surface area contributed by atoms with E-state index >= 15 is 0 Å². The molecule has 0 bridgehead atoms. The lowest BCUT2D eigenvalue weighted by atomic mass is 10.3. The molecule has 5 nitrogen and oxygen atoms in total. The van der Waals surface area contributed by atoms with E-state index in [2.05, 4.69) is 10.3 Å². The molecule has 0 spiro atoms. The maximum Gasteiger partial charge on any atom is 0.270 e. The Kier molecular flexibility index (Phi) is 5.85. The summed E-state index contributed by atoms with van der Waals surface area (Å²) in [7, 11) is 0. The van der Waals surface area contributed by atoms with Crippen molar-refractivity contribution in [2.75, 3.05) is 13.1 Å². The second kappa shape index (κ2) is 7.86. The molecule has 0 aliphatic rings. The number of ether oxygens (including phenoxy) is 1. The summed E-state index contributed by atoms with van der Waals surface area (Å²) in [6, 6.07) is 5.75. The topological polar surface area (TPSA) is 77.2 Å². The predicted molar refractivity (Wildman–Crippen MR) is 83.7 cm³/mol. The summed E-state index contributed by atoms with van der Waals surface area (Å²) in [6.07, 6.45) is 0.429. The Balaban J connectivity index is 1.80. The molecule has 2 rings (SSSR count). The van der Waals surface area contributed by atoms with Crippen molar-refractivity contribution in [3.63, 3.8) is 0 Å². The molecule has 0 aliphatic carbocycles. The normalized spacial score (nSPS) is 12.0. The first kappa shape index (κ1) is 16.4. The van der Waals surface area contributed by atoms with Crippen molar-refractivity contribution in [3.8, 4) is 5.75 Å². The average Bonchev–Trinajstić information content (AvgIpc) is 2.96. The van der Waals surface area contributed by atoms with Gasteiger partial charge < -0.3 is 15.8 Å². The predicted octanol–water partition coefficient (Wildman–Crippen LogP) is 1.98. The fourth-order valence-corrected chi connectivity index (χ4v) is 2.56. The van der Waals surface area contributed by atoms with Gasteiger partial charge in [0.05, 0.1) is 11.6 Å². The summed E-state index contributed by atoms with van der Waals surface area (Å²) in [5.41, 5.74) is 5.84. The number of nitrogens with one attached hydrogen (secondary N) is 1. The van der Waals surface area contributed by atoms with Crippen LogP contribution in [0.25, 0.3) is 0 Å². The van der Waals surface area contributed by atoms with Crippen LogP contribution in [0.15, 0.2) is 29.6 Å². The van der Waals surface area contributed by atoms with Gasteiger partial charge in [0.25, 0.3) is 5.91 Å². The lowest BCUT2D eigenvalue weighted by Gasteiger charge is -2.15. The molecule has 22 heavy (non-hydrogen) atoms. The summed E-state index contributed by atoms with van der Waals surface area (Å²) in [4.78, 5) is 16.2. The zero-order valence-electron chi connectivity index (χ0n) is 12.2. The lowest BCUT2D eigenvalue weighted by molar-refractivity contribution is 0.0927. The van der Waals surface area contributed by atoms with Crippen LogP contribution in [0.5, 0.6) is 5.75 Å². The van der Waals surface area contributed by atoms with Crippen LogP contribution in [0.4, 0.5) is 4.39 Å². The Morgan fingerprint density at radius 3 is 2.86 bits per heavy atom. The van der Waals surface area contributed by atoms with Crippen LogP contribution in [0.1, 0.15) is 22.4 Å². The van der Waals surface area contributed by atoms with Crippen molar-refractivity contribution in [1.82, 2.24) is 10.3 Å². The van der Waals surface area contributed by atoms with Crippen molar-refractivity contribution >= 4 is 17.2 Å². The molecule has 7 heteroatoms. The number of halogens is 1. The summed E-state index contributed by atoms with van der Waals surface area (Å²) < 4.78 is 18.4. The highest BCUT2D eigenvalue weighted by Crippen LogP contribution is 2.13. The molecule has 118 valence electrons. The summed E-state index contributed by atoms with van der Waals surface area (Å²) >= 11 is 1.42. The molecule has 1 atom stereocenters. The third-order valence-electron chi connectivity index (χ3n) is 2.84. The minimum Gasteiger partial charge on any atom is -0.489 e. The maximum atomic E-state index is 12.8. The van der Waals surface area contributed by atoms with Crippen LogP contribution in [0.3, 0.4) is 0 Å². The van der Waals surface area contributed by atoms with Crippen LogP contribution in [-0.2, 0) is 6.42 Å². The third kappa shape index (κ3) is 4.78. The van der Waals surface area contributed by atoms with Gasteiger partial charge in [0.1, 0.15) is 23.4 Å². The van der Waals surface area contributed by atoms with E-state index in [1.807, 2.05) is 6.92 Å². The summed E-state index contributed by atoms with van der Waals surface area (Å²) in [5.74, 6) is 0.00115. The van der Waals surface area contributed by atoms with Gasteiger partial charge in [-0.3, -0.25) is 4.79 Å². The van der Waals surface area contributed by atoms with E-state index in [4.69, 9.17) is 10.5 Å². The first-order chi connectivity index (χ1) is 10.6. The summed E-state index contributed by atoms with van der Waals surface area (Å²) in [5, 5.41) is 5.33. The van der Waals surface area contributed by atoms with Crippen LogP contribution >= 0.6 is 11.3 Å². The minimum absolute atomic E-state index is 0.239. The number of rotatable bonds is 7. The number of hydrogen-bond acceptors (Lipinski definition) is 5. The Bertz CT molecular complexity index is 616. The number of benzene rings is 1. The van der Waals surface area contributed by atoms with Gasteiger partial charge in [-0.2, -0.15) is 0 Å². The smallest absolute Gasteiger partial charge is 0.270 e. The van der Waals surface area contributed by atoms with Gasteiger partial charge in [0.2, 0.25) is 0 Å². The van der Waals surface area contributed by atoms with E-state index in [1.165, 1.54) is 23.5 Å². The van der Waals surface area contributed by atoms with Crippen molar-refractivity contribution in [2.24, 2.45) is 5.73 Å². The molecule has 0 saturated heterocycles. The standard InChI is InChI=1S/C15H18FN3O2S/c1-10(21-12-4-2-11(16)3-5-12)8-18-15(20)13-9-22-14(19-13)6-7-17/h2-5,9-10H,6-8,17H2,1H3,(H,18,20). The quantitative estimate of drug-likeness (QED) is 0.817. The van der Waals surface area contributed by atoms with Gasteiger partial charge in [-0.15, -0.1) is 11.3 Å². The van der Waals surface area contributed by atoms with Crippen LogP contribution in [0, 0.1) is 5.82 Å². The Morgan fingerprint density at radius 1 is 1.45 bits per heavy atom. The zero-order valence-corrected chi connectivity index (χ0v) is 13.0. The maximum absolute atomic E-state index is 12.8. The highest BCUT2D eigenvalue weighted by atomic mass is 32.1. The number of carbonyl (C=O) groups excluding carboxylic acids is 1. The molecule has 0 fully saturated rings. The fourth-order valence-electron chi connectivity index (χ4n) is 1.77. The molecule has 0 aliphatic heterocycles. The van der Waals surface area contributed by atoms with Crippen molar-refractivity contribution in [3.05, 3.63) is 46.2 Å². The number of carbonyl (C=O) groups is 1. The van der Waals surface area contributed by atoms with Gasteiger partial charge in [-0.25, -0.2) is 9.37 Å². The van der Waals surface area contributed by atoms with Crippen LogP contribution < -0.4 is 15.8 Å². The van der Waals surface area contributed by atoms with Crippen LogP contribution in [-0.4, -0.2) is 30.1 Å². The SMILES string of the molecule is CC(CNC(=O)c1csc(CCN)n1)Oc1ccc(F)cc1. The molecule has 1 heterocycles. The van der Waals surface area contributed by atoms with Gasteiger partial charge in [0, 0.05) is 11.8 Å². The number of amides is 1. The first-order valence-corrected chi connectivity index (χ1v) is 7.81. The summed E-state index contributed by atoms with van der Waals surface area (Å²) in [6.45, 7) is 2.67. The molecule has 1 aromatic heterocycles. The zero-order chi connectivity index (χ0) is 15.9. The Morgan fingerprint density at radius 2 is 2.18 bits per heavy atom. The second-order valence-corrected chi connectivity index (χ2v) is 5.70. The number of nitrogens with two attached hydrogens (primary N) is 1. The van der Waals surface area contributed by atoms with E-state index in [9.17, 15) is 9.18 Å². The van der Waals surface area contributed by atoms with Gasteiger partial charge in [-0.05, 0) is 37.7 Å². The lowest BCUT2D eigenvalue weighted by Crippen LogP contribution is -2.33. The van der Waals surface area contributed by atoms with E-state index < -0.39 is 0 Å². The van der Waals surface area contributed by atoms with E-state index in [0.717, 1.165) is 5.01 Å². The molecular weight excluding hydrogens is 305 g/mol. The molecule has 2 aromatic rings. The molecule has 3 N–H and O–H groups in total. The monoisotopic (exact) mass is 323 g/mol. The van der Waals surface area contributed by atoms with Gasteiger partial charge in [-0.1, -0.05) is 0 Å². The Labute approximate surface area is 132 Å². The van der Waals surface area contributed by atoms with Crippen molar-refractivity contribution < 1.29 is 13.9 Å². The molecule has 0 saturated carbocycles. The Hall–Kier alpha value is -1.99. The highest BCUT2D eigenvalue weighted by molar-refractivity contribution is 7.09. The van der Waals surface area contributed by atoms with Gasteiger partial charge >= 0.3 is 0 Å². The molecule has 1 unspecified atom stereocenters. The minimum atomic E-state index is -0.315. The van der Waals surface area contributed by atoms with Crippen LogP contribution in [0.2, 0.25) is 0 Å². The van der Waals surface area contributed by atoms with Gasteiger partial charge in [0.15, 0.2) is 0 Å². The first-order valence-electron chi connectivity index (χ1n) is 6.93. The number of nitrogens with zero attached hydrogens (tertiary/aromatic N) is 1. The number of hydrogen-bond donors (Lipinski definition) is 2. The molecule has 0 radical (unpaired) electrons. The third-order valence-corrected chi connectivity index (χ3v) is 3.75. The molecule has 1 aromatic carbocycles. The fraction of sp³-hybridized carbons (Fsp3) is 0.333.